The molecule has 1 heterocycles. The molecular weight excluding hydrogens is 380 g/mol. The van der Waals surface area contributed by atoms with Gasteiger partial charge in [0.15, 0.2) is 5.76 Å². The fourth-order valence-corrected chi connectivity index (χ4v) is 3.51. The molecule has 2 aromatic carbocycles. The summed E-state index contributed by atoms with van der Waals surface area (Å²) in [5.41, 5.74) is 2.00. The van der Waals surface area contributed by atoms with E-state index < -0.39 is 0 Å². The number of nitrogens with zero attached hydrogens (tertiary/aromatic N) is 1. The monoisotopic (exact) mass is 404 g/mol. The standard InChI is InChI=1S/C24H24N2O4/c1-16(17-5-6-17)26(20-11-13-21(29-2)14-12-20)24(28)18-7-9-19(10-8-18)25-23(27)22-4-3-15-30-22/h3-4,7-17H,5-6H2,1-2H3,(H,25,27). The molecule has 0 spiro atoms. The third kappa shape index (κ3) is 4.22. The highest BCUT2D eigenvalue weighted by Gasteiger charge is 2.35. The summed E-state index contributed by atoms with van der Waals surface area (Å²) in [6.07, 6.45) is 3.73. The molecule has 1 N–H and O–H groups in total. The largest absolute Gasteiger partial charge is 0.497 e. The Morgan fingerprint density at radius 3 is 2.33 bits per heavy atom. The fraction of sp³-hybridized carbons (Fsp3) is 0.250. The van der Waals surface area contributed by atoms with Crippen molar-refractivity contribution in [3.05, 3.63) is 78.3 Å². The molecule has 154 valence electrons. The van der Waals surface area contributed by atoms with E-state index in [1.807, 2.05) is 29.2 Å². The number of carbonyl (C=O) groups is 2. The number of furan rings is 1. The Kier molecular flexibility index (Phi) is 5.57. The Labute approximate surface area is 175 Å². The lowest BCUT2D eigenvalue weighted by molar-refractivity contribution is 0.0974. The number of hydrogen-bond donors (Lipinski definition) is 1. The molecule has 4 rings (SSSR count). The Morgan fingerprint density at radius 2 is 1.77 bits per heavy atom. The predicted octanol–water partition coefficient (Wildman–Crippen LogP) is 4.99. The first-order valence-corrected chi connectivity index (χ1v) is 9.99. The van der Waals surface area contributed by atoms with Crippen molar-refractivity contribution in [1.82, 2.24) is 0 Å². The van der Waals surface area contributed by atoms with Gasteiger partial charge in [0.2, 0.25) is 0 Å². The zero-order chi connectivity index (χ0) is 21.1. The van der Waals surface area contributed by atoms with Crippen LogP contribution < -0.4 is 15.0 Å². The maximum absolute atomic E-state index is 13.4. The summed E-state index contributed by atoms with van der Waals surface area (Å²) in [5, 5.41) is 2.76. The van der Waals surface area contributed by atoms with E-state index in [1.165, 1.54) is 6.26 Å². The normalized spacial score (nSPS) is 14.1. The molecule has 0 aliphatic heterocycles. The summed E-state index contributed by atoms with van der Waals surface area (Å²) in [6, 6.07) is 17.8. The number of methoxy groups -OCH3 is 1. The number of rotatable bonds is 7. The van der Waals surface area contributed by atoms with E-state index in [0.29, 0.717) is 17.2 Å². The summed E-state index contributed by atoms with van der Waals surface area (Å²) in [7, 11) is 1.62. The molecule has 1 aliphatic rings. The highest BCUT2D eigenvalue weighted by Crippen LogP contribution is 2.38. The van der Waals surface area contributed by atoms with E-state index >= 15 is 0 Å². The van der Waals surface area contributed by atoms with Gasteiger partial charge in [-0.2, -0.15) is 0 Å². The maximum atomic E-state index is 13.4. The quantitative estimate of drug-likeness (QED) is 0.602. The zero-order valence-electron chi connectivity index (χ0n) is 17.0. The minimum Gasteiger partial charge on any atom is -0.497 e. The summed E-state index contributed by atoms with van der Waals surface area (Å²) in [5.74, 6) is 1.11. The third-order valence-corrected chi connectivity index (χ3v) is 5.42. The van der Waals surface area contributed by atoms with Gasteiger partial charge in [0.1, 0.15) is 5.75 Å². The van der Waals surface area contributed by atoms with Crippen LogP contribution in [0.5, 0.6) is 5.75 Å². The molecule has 0 saturated heterocycles. The van der Waals surface area contributed by atoms with Gasteiger partial charge in [-0.15, -0.1) is 0 Å². The number of ether oxygens (including phenoxy) is 1. The average Bonchev–Trinajstić information content (AvgIpc) is 3.48. The van der Waals surface area contributed by atoms with Gasteiger partial charge in [-0.3, -0.25) is 9.59 Å². The van der Waals surface area contributed by atoms with E-state index in [1.54, 1.807) is 43.5 Å². The number of amides is 2. The smallest absolute Gasteiger partial charge is 0.291 e. The van der Waals surface area contributed by atoms with Gasteiger partial charge in [-0.25, -0.2) is 0 Å². The van der Waals surface area contributed by atoms with Gasteiger partial charge in [0, 0.05) is 23.0 Å². The van der Waals surface area contributed by atoms with Crippen molar-refractivity contribution >= 4 is 23.2 Å². The second-order valence-electron chi connectivity index (χ2n) is 7.46. The Hall–Kier alpha value is -3.54. The van der Waals surface area contributed by atoms with E-state index in [0.717, 1.165) is 24.3 Å². The van der Waals surface area contributed by atoms with Crippen molar-refractivity contribution < 1.29 is 18.7 Å². The molecular formula is C24H24N2O4. The van der Waals surface area contributed by atoms with E-state index in [-0.39, 0.29) is 23.6 Å². The molecule has 1 aromatic heterocycles. The van der Waals surface area contributed by atoms with E-state index in [9.17, 15) is 9.59 Å². The lowest BCUT2D eigenvalue weighted by Crippen LogP contribution is -2.40. The van der Waals surface area contributed by atoms with Crippen LogP contribution in [-0.2, 0) is 0 Å². The van der Waals surface area contributed by atoms with Crippen LogP contribution >= 0.6 is 0 Å². The molecule has 6 heteroatoms. The molecule has 0 radical (unpaired) electrons. The summed E-state index contributed by atoms with van der Waals surface area (Å²) in [4.78, 5) is 27.4. The van der Waals surface area contributed by atoms with Crippen molar-refractivity contribution in [3.8, 4) is 5.75 Å². The Balaban J connectivity index is 1.54. The van der Waals surface area contributed by atoms with E-state index in [4.69, 9.17) is 9.15 Å². The van der Waals surface area contributed by atoms with Crippen LogP contribution in [0.4, 0.5) is 11.4 Å². The van der Waals surface area contributed by atoms with E-state index in [2.05, 4.69) is 12.2 Å². The lowest BCUT2D eigenvalue weighted by Gasteiger charge is -2.30. The highest BCUT2D eigenvalue weighted by molar-refractivity contribution is 6.07. The molecule has 30 heavy (non-hydrogen) atoms. The average molecular weight is 404 g/mol. The first kappa shape index (κ1) is 19.8. The maximum Gasteiger partial charge on any atom is 0.291 e. The molecule has 3 aromatic rings. The molecule has 2 amide bonds. The number of carbonyl (C=O) groups excluding carboxylic acids is 2. The first-order chi connectivity index (χ1) is 14.6. The van der Waals surface area contributed by atoms with Gasteiger partial charge < -0.3 is 19.4 Å². The second-order valence-corrected chi connectivity index (χ2v) is 7.46. The van der Waals surface area contributed by atoms with Gasteiger partial charge in [-0.05, 0) is 86.3 Å². The zero-order valence-corrected chi connectivity index (χ0v) is 17.0. The summed E-state index contributed by atoms with van der Waals surface area (Å²) >= 11 is 0. The van der Waals surface area contributed by atoms with Crippen LogP contribution in [-0.4, -0.2) is 25.0 Å². The van der Waals surface area contributed by atoms with Crippen molar-refractivity contribution in [3.63, 3.8) is 0 Å². The second kappa shape index (κ2) is 8.45. The van der Waals surface area contributed by atoms with Gasteiger partial charge in [-0.1, -0.05) is 0 Å². The first-order valence-electron chi connectivity index (χ1n) is 9.99. The van der Waals surface area contributed by atoms with Crippen LogP contribution in [0.1, 0.15) is 40.7 Å². The van der Waals surface area contributed by atoms with Crippen molar-refractivity contribution in [2.24, 2.45) is 5.92 Å². The van der Waals surface area contributed by atoms with Crippen LogP contribution in [0.25, 0.3) is 0 Å². The van der Waals surface area contributed by atoms with Gasteiger partial charge in [0.05, 0.1) is 13.4 Å². The summed E-state index contributed by atoms with van der Waals surface area (Å²) < 4.78 is 10.3. The number of anilines is 2. The SMILES string of the molecule is COc1ccc(N(C(=O)c2ccc(NC(=O)c3ccco3)cc2)C(C)C2CC2)cc1. The Bertz CT molecular complexity index is 1010. The van der Waals surface area contributed by atoms with Crippen LogP contribution in [0.15, 0.2) is 71.3 Å². The Morgan fingerprint density at radius 1 is 1.07 bits per heavy atom. The van der Waals surface area contributed by atoms with Crippen LogP contribution in [0.2, 0.25) is 0 Å². The molecule has 6 nitrogen and oxygen atoms in total. The molecule has 1 saturated carbocycles. The molecule has 1 aliphatic carbocycles. The fourth-order valence-electron chi connectivity index (χ4n) is 3.51. The lowest BCUT2D eigenvalue weighted by atomic mass is 10.1. The van der Waals surface area contributed by atoms with Gasteiger partial charge >= 0.3 is 0 Å². The number of benzene rings is 2. The summed E-state index contributed by atoms with van der Waals surface area (Å²) in [6.45, 7) is 2.09. The third-order valence-electron chi connectivity index (χ3n) is 5.42. The van der Waals surface area contributed by atoms with Crippen molar-refractivity contribution in [2.45, 2.75) is 25.8 Å². The van der Waals surface area contributed by atoms with Crippen molar-refractivity contribution in [2.75, 3.05) is 17.3 Å². The van der Waals surface area contributed by atoms with Crippen molar-refractivity contribution in [1.29, 1.82) is 0 Å². The highest BCUT2D eigenvalue weighted by atomic mass is 16.5. The molecule has 0 bridgehead atoms. The predicted molar refractivity (Wildman–Crippen MR) is 115 cm³/mol. The molecule has 1 unspecified atom stereocenters. The minimum absolute atomic E-state index is 0.0662. The van der Waals surface area contributed by atoms with Gasteiger partial charge in [0.25, 0.3) is 11.8 Å². The topological polar surface area (TPSA) is 71.8 Å². The number of nitrogens with one attached hydrogen (secondary N) is 1. The molecule has 1 fully saturated rings. The van der Waals surface area contributed by atoms with Crippen LogP contribution in [0.3, 0.4) is 0 Å². The van der Waals surface area contributed by atoms with Crippen LogP contribution in [0, 0.1) is 5.92 Å². The minimum atomic E-state index is -0.332. The molecule has 1 atom stereocenters. The number of hydrogen-bond acceptors (Lipinski definition) is 4.